The molecule has 0 radical (unpaired) electrons. The van der Waals surface area contributed by atoms with Crippen LogP contribution in [0.4, 0.5) is 4.39 Å². The molecule has 1 saturated carbocycles. The predicted molar refractivity (Wildman–Crippen MR) is 89.1 cm³/mol. The van der Waals surface area contributed by atoms with E-state index < -0.39 is 0 Å². The van der Waals surface area contributed by atoms with E-state index in [9.17, 15) is 14.0 Å². The molecule has 1 aliphatic heterocycles. The highest BCUT2D eigenvalue weighted by Gasteiger charge is 2.24. The zero-order valence-corrected chi connectivity index (χ0v) is 13.8. The third-order valence-corrected chi connectivity index (χ3v) is 4.84. The minimum Gasteiger partial charge on any atom is -0.352 e. The molecule has 1 aromatic rings. The smallest absolute Gasteiger partial charge is 0.253 e. The molecule has 24 heavy (non-hydrogen) atoms. The molecule has 0 unspecified atom stereocenters. The van der Waals surface area contributed by atoms with Crippen LogP contribution in [0.15, 0.2) is 24.3 Å². The lowest BCUT2D eigenvalue weighted by atomic mass is 10.1. The molecule has 5 nitrogen and oxygen atoms in total. The van der Waals surface area contributed by atoms with Crippen LogP contribution >= 0.6 is 0 Å². The fourth-order valence-corrected chi connectivity index (χ4v) is 3.43. The molecule has 1 aromatic carbocycles. The van der Waals surface area contributed by atoms with Crippen LogP contribution in [0.5, 0.6) is 0 Å². The number of rotatable bonds is 4. The van der Waals surface area contributed by atoms with Gasteiger partial charge in [0.2, 0.25) is 5.91 Å². The summed E-state index contributed by atoms with van der Waals surface area (Å²) >= 11 is 0. The Kier molecular flexibility index (Phi) is 5.45. The maximum Gasteiger partial charge on any atom is 0.253 e. The maximum atomic E-state index is 12.9. The molecule has 2 fully saturated rings. The first kappa shape index (κ1) is 16.9. The first-order chi connectivity index (χ1) is 11.6. The van der Waals surface area contributed by atoms with Crippen molar-refractivity contribution in [2.45, 2.75) is 31.7 Å². The van der Waals surface area contributed by atoms with Crippen LogP contribution < -0.4 is 5.32 Å². The first-order valence-corrected chi connectivity index (χ1v) is 8.68. The van der Waals surface area contributed by atoms with E-state index in [1.807, 2.05) is 0 Å². The average Bonchev–Trinajstić information content (AvgIpc) is 3.08. The standard InChI is InChI=1S/C18H24FN3O2/c19-15-7-5-14(6-8-15)18(24)22-11-9-21(10-12-22)13-17(23)20-16-3-1-2-4-16/h5-8,16H,1-4,9-13H2,(H,20,23). The number of nitrogens with one attached hydrogen (secondary N) is 1. The monoisotopic (exact) mass is 333 g/mol. The van der Waals surface area contributed by atoms with Crippen molar-refractivity contribution in [3.05, 3.63) is 35.6 Å². The van der Waals surface area contributed by atoms with E-state index >= 15 is 0 Å². The van der Waals surface area contributed by atoms with Crippen molar-refractivity contribution in [3.63, 3.8) is 0 Å². The Bertz CT molecular complexity index is 576. The van der Waals surface area contributed by atoms with E-state index in [4.69, 9.17) is 0 Å². The highest BCUT2D eigenvalue weighted by atomic mass is 19.1. The number of nitrogens with zero attached hydrogens (tertiary/aromatic N) is 2. The van der Waals surface area contributed by atoms with Gasteiger partial charge in [-0.15, -0.1) is 0 Å². The van der Waals surface area contributed by atoms with Crippen LogP contribution in [0.3, 0.4) is 0 Å². The van der Waals surface area contributed by atoms with Gasteiger partial charge in [-0.2, -0.15) is 0 Å². The highest BCUT2D eigenvalue weighted by molar-refractivity contribution is 5.94. The Morgan fingerprint density at radius 2 is 1.67 bits per heavy atom. The van der Waals surface area contributed by atoms with E-state index in [2.05, 4.69) is 10.2 Å². The molecule has 6 heteroatoms. The van der Waals surface area contributed by atoms with Gasteiger partial charge in [-0.05, 0) is 37.1 Å². The number of hydrogen-bond acceptors (Lipinski definition) is 3. The second-order valence-electron chi connectivity index (χ2n) is 6.62. The molecule has 130 valence electrons. The molecule has 1 heterocycles. The molecule has 3 rings (SSSR count). The summed E-state index contributed by atoms with van der Waals surface area (Å²) in [5, 5.41) is 3.09. The van der Waals surface area contributed by atoms with Gasteiger partial charge in [-0.25, -0.2) is 4.39 Å². The molecule has 0 aromatic heterocycles. The maximum absolute atomic E-state index is 12.9. The summed E-state index contributed by atoms with van der Waals surface area (Å²) < 4.78 is 12.9. The molecule has 0 bridgehead atoms. The largest absolute Gasteiger partial charge is 0.352 e. The lowest BCUT2D eigenvalue weighted by Crippen LogP contribution is -2.51. The predicted octanol–water partition coefficient (Wildman–Crippen LogP) is 1.64. The topological polar surface area (TPSA) is 52.7 Å². The minimum absolute atomic E-state index is 0.0787. The Balaban J connectivity index is 1.44. The van der Waals surface area contributed by atoms with Crippen LogP contribution in [0.25, 0.3) is 0 Å². The van der Waals surface area contributed by atoms with Crippen LogP contribution in [-0.2, 0) is 4.79 Å². The fourth-order valence-electron chi connectivity index (χ4n) is 3.43. The summed E-state index contributed by atoms with van der Waals surface area (Å²) in [6.45, 7) is 2.95. The summed E-state index contributed by atoms with van der Waals surface area (Å²) in [7, 11) is 0. The number of piperazine rings is 1. The number of carbonyl (C=O) groups excluding carboxylic acids is 2. The van der Waals surface area contributed by atoms with Crippen LogP contribution in [-0.4, -0.2) is 60.4 Å². The fraction of sp³-hybridized carbons (Fsp3) is 0.556. The second-order valence-corrected chi connectivity index (χ2v) is 6.62. The number of amides is 2. The molecule has 1 N–H and O–H groups in total. The second kappa shape index (κ2) is 7.75. The van der Waals surface area contributed by atoms with Gasteiger partial charge in [0.05, 0.1) is 6.54 Å². The van der Waals surface area contributed by atoms with Gasteiger partial charge in [0.15, 0.2) is 0 Å². The van der Waals surface area contributed by atoms with Gasteiger partial charge in [0.1, 0.15) is 5.82 Å². The Morgan fingerprint density at radius 3 is 2.29 bits per heavy atom. The third-order valence-electron chi connectivity index (χ3n) is 4.84. The SMILES string of the molecule is O=C(CN1CCN(C(=O)c2ccc(F)cc2)CC1)NC1CCCC1. The van der Waals surface area contributed by atoms with E-state index in [1.54, 1.807) is 4.90 Å². The number of carbonyl (C=O) groups is 2. The van der Waals surface area contributed by atoms with E-state index in [1.165, 1.54) is 37.1 Å². The molecular formula is C18H24FN3O2. The zero-order chi connectivity index (χ0) is 16.9. The third kappa shape index (κ3) is 4.32. The average molecular weight is 333 g/mol. The Hall–Kier alpha value is -1.95. The minimum atomic E-state index is -0.343. The van der Waals surface area contributed by atoms with Crippen molar-refractivity contribution >= 4 is 11.8 Å². The molecule has 0 atom stereocenters. The molecule has 0 spiro atoms. The number of benzene rings is 1. The van der Waals surface area contributed by atoms with Crippen molar-refractivity contribution in [1.82, 2.24) is 15.1 Å². The lowest BCUT2D eigenvalue weighted by Gasteiger charge is -2.34. The van der Waals surface area contributed by atoms with E-state index in [0.717, 1.165) is 12.8 Å². The Labute approximate surface area is 141 Å². The van der Waals surface area contributed by atoms with Crippen molar-refractivity contribution < 1.29 is 14.0 Å². The van der Waals surface area contributed by atoms with Crippen LogP contribution in [0.1, 0.15) is 36.0 Å². The van der Waals surface area contributed by atoms with E-state index in [0.29, 0.717) is 44.3 Å². The van der Waals surface area contributed by atoms with E-state index in [-0.39, 0.29) is 17.6 Å². The molecular weight excluding hydrogens is 309 g/mol. The van der Waals surface area contributed by atoms with Crippen molar-refractivity contribution in [1.29, 1.82) is 0 Å². The van der Waals surface area contributed by atoms with Crippen molar-refractivity contribution in [3.8, 4) is 0 Å². The number of hydrogen-bond donors (Lipinski definition) is 1. The molecule has 2 aliphatic rings. The summed E-state index contributed by atoms with van der Waals surface area (Å²) in [6, 6.07) is 5.98. The summed E-state index contributed by atoms with van der Waals surface area (Å²) in [5.41, 5.74) is 0.504. The van der Waals surface area contributed by atoms with Gasteiger partial charge in [-0.3, -0.25) is 14.5 Å². The lowest BCUT2D eigenvalue weighted by molar-refractivity contribution is -0.123. The molecule has 1 saturated heterocycles. The van der Waals surface area contributed by atoms with Gasteiger partial charge in [0, 0.05) is 37.8 Å². The summed E-state index contributed by atoms with van der Waals surface area (Å²) in [4.78, 5) is 28.3. The van der Waals surface area contributed by atoms with Gasteiger partial charge < -0.3 is 10.2 Å². The van der Waals surface area contributed by atoms with Crippen molar-refractivity contribution in [2.75, 3.05) is 32.7 Å². The van der Waals surface area contributed by atoms with Crippen molar-refractivity contribution in [2.24, 2.45) is 0 Å². The quantitative estimate of drug-likeness (QED) is 0.911. The van der Waals surface area contributed by atoms with Gasteiger partial charge in [0.25, 0.3) is 5.91 Å². The van der Waals surface area contributed by atoms with Gasteiger partial charge in [-0.1, -0.05) is 12.8 Å². The highest BCUT2D eigenvalue weighted by Crippen LogP contribution is 2.17. The Morgan fingerprint density at radius 1 is 1.04 bits per heavy atom. The molecule has 2 amide bonds. The number of halogens is 1. The molecule has 1 aliphatic carbocycles. The van der Waals surface area contributed by atoms with Gasteiger partial charge >= 0.3 is 0 Å². The normalized spacial score (nSPS) is 19.5. The zero-order valence-electron chi connectivity index (χ0n) is 13.8. The summed E-state index contributed by atoms with van der Waals surface area (Å²) in [6.07, 6.45) is 4.58. The first-order valence-electron chi connectivity index (χ1n) is 8.68. The van der Waals surface area contributed by atoms with Crippen LogP contribution in [0.2, 0.25) is 0 Å². The van der Waals surface area contributed by atoms with Crippen LogP contribution in [0, 0.1) is 5.82 Å². The summed E-state index contributed by atoms with van der Waals surface area (Å²) in [5.74, 6) is -0.338.